The number of nitriles is 1. The van der Waals surface area contributed by atoms with Crippen LogP contribution in [0.3, 0.4) is 0 Å². The zero-order valence-electron chi connectivity index (χ0n) is 8.12. The molecule has 0 spiro atoms. The van der Waals surface area contributed by atoms with Crippen LogP contribution in [-0.4, -0.2) is 16.1 Å². The molecule has 1 heterocycles. The van der Waals surface area contributed by atoms with Crippen LogP contribution in [0.5, 0.6) is 0 Å². The van der Waals surface area contributed by atoms with Crippen molar-refractivity contribution in [1.29, 1.82) is 5.26 Å². The predicted molar refractivity (Wildman–Crippen MR) is 59.6 cm³/mol. The van der Waals surface area contributed by atoms with Crippen LogP contribution < -0.4 is 0 Å². The van der Waals surface area contributed by atoms with Crippen molar-refractivity contribution in [2.75, 3.05) is 0 Å². The van der Waals surface area contributed by atoms with E-state index in [0.717, 1.165) is 0 Å². The van der Waals surface area contributed by atoms with E-state index in [1.165, 1.54) is 6.07 Å². The molecule has 4 nitrogen and oxygen atoms in total. The fourth-order valence-corrected chi connectivity index (χ4v) is 1.87. The number of halogens is 1. The van der Waals surface area contributed by atoms with Gasteiger partial charge in [-0.2, -0.15) is 5.26 Å². The smallest absolute Gasteiger partial charge is 0.352 e. The van der Waals surface area contributed by atoms with Gasteiger partial charge in [0.15, 0.2) is 0 Å². The first-order valence-electron chi connectivity index (χ1n) is 4.53. The lowest BCUT2D eigenvalue weighted by Crippen LogP contribution is -1.95. The van der Waals surface area contributed by atoms with E-state index >= 15 is 0 Å². The number of hydrogen-bond donors (Lipinski definition) is 2. The molecule has 0 saturated carbocycles. The van der Waals surface area contributed by atoms with Crippen molar-refractivity contribution >= 4 is 28.5 Å². The molecule has 0 fully saturated rings. The maximum atomic E-state index is 10.8. The Kier molecular flexibility index (Phi) is 2.55. The monoisotopic (exact) mass is 234 g/mol. The summed E-state index contributed by atoms with van der Waals surface area (Å²) in [6.45, 7) is 0. The van der Waals surface area contributed by atoms with E-state index in [9.17, 15) is 4.79 Å². The Hall–Kier alpha value is -1.99. The maximum absolute atomic E-state index is 10.8. The lowest BCUT2D eigenvalue weighted by Gasteiger charge is -1.99. The highest BCUT2D eigenvalue weighted by Gasteiger charge is 2.11. The number of aromatic carboxylic acids is 1. The SMILES string of the molecule is N#CCc1cc(Cl)cc2cc(C(=O)O)[nH]c12. The van der Waals surface area contributed by atoms with E-state index in [1.807, 2.05) is 6.07 Å². The number of hydrogen-bond acceptors (Lipinski definition) is 2. The molecule has 2 aromatic rings. The number of carboxylic acids is 1. The number of benzene rings is 1. The van der Waals surface area contributed by atoms with Gasteiger partial charge in [0, 0.05) is 10.4 Å². The highest BCUT2D eigenvalue weighted by Crippen LogP contribution is 2.25. The van der Waals surface area contributed by atoms with Crippen LogP contribution >= 0.6 is 11.6 Å². The van der Waals surface area contributed by atoms with E-state index in [1.54, 1.807) is 12.1 Å². The van der Waals surface area contributed by atoms with Gasteiger partial charge in [-0.25, -0.2) is 4.79 Å². The summed E-state index contributed by atoms with van der Waals surface area (Å²) in [5, 5.41) is 18.7. The zero-order chi connectivity index (χ0) is 11.7. The Labute approximate surface area is 96.1 Å². The topological polar surface area (TPSA) is 76.9 Å². The molecule has 0 unspecified atom stereocenters. The second-order valence-electron chi connectivity index (χ2n) is 3.35. The molecule has 2 rings (SSSR count). The fourth-order valence-electron chi connectivity index (χ4n) is 1.62. The Bertz CT molecular complexity index is 610. The summed E-state index contributed by atoms with van der Waals surface area (Å²) < 4.78 is 0. The van der Waals surface area contributed by atoms with Crippen LogP contribution in [0.2, 0.25) is 5.02 Å². The van der Waals surface area contributed by atoms with Crippen molar-refractivity contribution in [2.24, 2.45) is 0 Å². The van der Waals surface area contributed by atoms with Gasteiger partial charge in [0.2, 0.25) is 0 Å². The molecule has 1 aromatic carbocycles. The molecule has 0 saturated heterocycles. The van der Waals surface area contributed by atoms with Crippen LogP contribution in [0.4, 0.5) is 0 Å². The third kappa shape index (κ3) is 1.73. The van der Waals surface area contributed by atoms with Crippen molar-refractivity contribution in [1.82, 2.24) is 4.98 Å². The first-order chi connectivity index (χ1) is 7.61. The van der Waals surface area contributed by atoms with Gasteiger partial charge in [-0.15, -0.1) is 0 Å². The standard InChI is InChI=1S/C11H7ClN2O2/c12-8-3-6(1-2-13)10-7(4-8)5-9(14-10)11(15)16/h3-5,14H,1H2,(H,15,16). The van der Waals surface area contributed by atoms with Gasteiger partial charge in [0.25, 0.3) is 0 Å². The van der Waals surface area contributed by atoms with E-state index in [4.69, 9.17) is 22.0 Å². The van der Waals surface area contributed by atoms with Crippen LogP contribution in [0.25, 0.3) is 10.9 Å². The first kappa shape index (κ1) is 10.5. The van der Waals surface area contributed by atoms with E-state index < -0.39 is 5.97 Å². The minimum absolute atomic E-state index is 0.0939. The third-order valence-electron chi connectivity index (χ3n) is 2.27. The van der Waals surface area contributed by atoms with Gasteiger partial charge in [-0.05, 0) is 23.8 Å². The Balaban J connectivity index is 2.71. The number of nitrogens with one attached hydrogen (secondary N) is 1. The molecule has 16 heavy (non-hydrogen) atoms. The minimum atomic E-state index is -1.03. The van der Waals surface area contributed by atoms with Crippen LogP contribution in [0.1, 0.15) is 16.1 Å². The van der Waals surface area contributed by atoms with Gasteiger partial charge >= 0.3 is 5.97 Å². The van der Waals surface area contributed by atoms with E-state index in [0.29, 0.717) is 21.5 Å². The molecular formula is C11H7ClN2O2. The molecule has 0 atom stereocenters. The molecule has 0 amide bonds. The molecule has 5 heteroatoms. The highest BCUT2D eigenvalue weighted by atomic mass is 35.5. The predicted octanol–water partition coefficient (Wildman–Crippen LogP) is 2.59. The summed E-state index contributed by atoms with van der Waals surface area (Å²) in [4.78, 5) is 13.6. The fraction of sp³-hybridized carbons (Fsp3) is 0.0909. The number of carbonyl (C=O) groups is 1. The number of rotatable bonds is 2. The summed E-state index contributed by atoms with van der Waals surface area (Å²) in [7, 11) is 0. The molecule has 1 aromatic heterocycles. The van der Waals surface area contributed by atoms with Crippen LogP contribution in [0, 0.1) is 11.3 Å². The molecule has 0 radical (unpaired) electrons. The third-order valence-corrected chi connectivity index (χ3v) is 2.49. The number of aromatic nitrogens is 1. The summed E-state index contributed by atoms with van der Waals surface area (Å²) in [5.41, 5.74) is 1.46. The Morgan fingerprint density at radius 2 is 2.25 bits per heavy atom. The normalized spacial score (nSPS) is 10.2. The summed E-state index contributed by atoms with van der Waals surface area (Å²) in [6, 6.07) is 6.85. The van der Waals surface area contributed by atoms with Crippen molar-refractivity contribution in [3.63, 3.8) is 0 Å². The summed E-state index contributed by atoms with van der Waals surface area (Å²) >= 11 is 5.88. The zero-order valence-corrected chi connectivity index (χ0v) is 8.88. The highest BCUT2D eigenvalue weighted by molar-refractivity contribution is 6.31. The summed E-state index contributed by atoms with van der Waals surface area (Å²) in [6.07, 6.45) is 0.191. The molecular weight excluding hydrogens is 228 g/mol. The molecule has 2 N–H and O–H groups in total. The average molecular weight is 235 g/mol. The number of carboxylic acid groups (broad SMARTS) is 1. The van der Waals surface area contributed by atoms with Crippen molar-refractivity contribution < 1.29 is 9.90 Å². The lowest BCUT2D eigenvalue weighted by molar-refractivity contribution is 0.0691. The maximum Gasteiger partial charge on any atom is 0.352 e. The van der Waals surface area contributed by atoms with Crippen molar-refractivity contribution in [3.05, 3.63) is 34.5 Å². The van der Waals surface area contributed by atoms with Gasteiger partial charge in [0.1, 0.15) is 5.69 Å². The molecule has 0 aliphatic carbocycles. The average Bonchev–Trinajstić information content (AvgIpc) is 2.61. The number of fused-ring (bicyclic) bond motifs is 1. The van der Waals surface area contributed by atoms with Crippen LogP contribution in [0.15, 0.2) is 18.2 Å². The molecule has 0 aliphatic heterocycles. The second kappa shape index (κ2) is 3.87. The summed E-state index contributed by atoms with van der Waals surface area (Å²) in [5.74, 6) is -1.03. The largest absolute Gasteiger partial charge is 0.477 e. The van der Waals surface area contributed by atoms with Crippen molar-refractivity contribution in [2.45, 2.75) is 6.42 Å². The van der Waals surface area contributed by atoms with E-state index in [2.05, 4.69) is 4.98 Å². The van der Waals surface area contributed by atoms with Gasteiger partial charge < -0.3 is 10.1 Å². The molecule has 80 valence electrons. The van der Waals surface area contributed by atoms with E-state index in [-0.39, 0.29) is 12.1 Å². The Morgan fingerprint density at radius 3 is 2.88 bits per heavy atom. The number of nitrogens with zero attached hydrogens (tertiary/aromatic N) is 1. The quantitative estimate of drug-likeness (QED) is 0.838. The first-order valence-corrected chi connectivity index (χ1v) is 4.91. The van der Waals surface area contributed by atoms with Gasteiger partial charge in [-0.3, -0.25) is 0 Å². The molecule has 0 bridgehead atoms. The van der Waals surface area contributed by atoms with Gasteiger partial charge in [0.05, 0.1) is 18.0 Å². The van der Waals surface area contributed by atoms with Crippen LogP contribution in [-0.2, 0) is 6.42 Å². The lowest BCUT2D eigenvalue weighted by atomic mass is 10.1. The Morgan fingerprint density at radius 1 is 1.50 bits per heavy atom. The number of H-pyrrole nitrogens is 1. The molecule has 0 aliphatic rings. The van der Waals surface area contributed by atoms with Gasteiger partial charge in [-0.1, -0.05) is 11.6 Å². The number of aromatic amines is 1. The second-order valence-corrected chi connectivity index (χ2v) is 3.79. The minimum Gasteiger partial charge on any atom is -0.477 e. The van der Waals surface area contributed by atoms with Crippen molar-refractivity contribution in [3.8, 4) is 6.07 Å².